The second-order valence-electron chi connectivity index (χ2n) is 4.03. The Hall–Kier alpha value is -1.92. The van der Waals surface area contributed by atoms with Gasteiger partial charge >= 0.3 is 0 Å². The Morgan fingerprint density at radius 1 is 1.45 bits per heavy atom. The van der Waals surface area contributed by atoms with Crippen LogP contribution >= 0.6 is 23.2 Å². The molecule has 0 aliphatic carbocycles. The molecule has 8 heteroatoms. The summed E-state index contributed by atoms with van der Waals surface area (Å²) in [6.45, 7) is 1.68. The number of carbonyl (C=O) groups excluding carboxylic acids is 2. The summed E-state index contributed by atoms with van der Waals surface area (Å²) in [4.78, 5) is 22.9. The summed E-state index contributed by atoms with van der Waals surface area (Å²) in [5, 5.41) is 8.35. The lowest BCUT2D eigenvalue weighted by Gasteiger charge is -2.06. The maximum Gasteiger partial charge on any atom is 0.258 e. The Morgan fingerprint density at radius 2 is 2.20 bits per heavy atom. The third-order valence-corrected chi connectivity index (χ3v) is 3.17. The number of hydrogen-bond acceptors (Lipinski definition) is 4. The van der Waals surface area contributed by atoms with Crippen LogP contribution < -0.4 is 10.9 Å². The predicted octanol–water partition coefficient (Wildman–Crippen LogP) is 1.57. The van der Waals surface area contributed by atoms with Gasteiger partial charge in [-0.25, -0.2) is 10.9 Å². The molecule has 0 aromatic heterocycles. The first-order chi connectivity index (χ1) is 9.49. The second kappa shape index (κ2) is 6.02. The summed E-state index contributed by atoms with van der Waals surface area (Å²) in [6.07, 6.45) is 1.22. The third kappa shape index (κ3) is 3.15. The van der Waals surface area contributed by atoms with Gasteiger partial charge in [0.25, 0.3) is 11.8 Å². The molecule has 0 radical (unpaired) electrons. The molecule has 20 heavy (non-hydrogen) atoms. The average Bonchev–Trinajstić information content (AvgIpc) is 2.82. The van der Waals surface area contributed by atoms with Crippen LogP contribution in [0.1, 0.15) is 12.5 Å². The Balaban J connectivity index is 2.09. The lowest BCUT2D eigenvalue weighted by Crippen LogP contribution is -2.34. The van der Waals surface area contributed by atoms with Crippen LogP contribution in [0.15, 0.2) is 28.4 Å². The molecule has 1 aliphatic rings. The van der Waals surface area contributed by atoms with Crippen LogP contribution in [0.25, 0.3) is 0 Å². The minimum Gasteiger partial charge on any atom is -0.272 e. The molecule has 1 aliphatic heterocycles. The SMILES string of the molecule is C/C(=N/NC(=O)[C@H]1C=NNC1=O)c1ccc(Cl)cc1Cl. The van der Waals surface area contributed by atoms with Crippen molar-refractivity contribution in [2.75, 3.05) is 0 Å². The van der Waals surface area contributed by atoms with Gasteiger partial charge in [0.2, 0.25) is 0 Å². The van der Waals surface area contributed by atoms with Gasteiger partial charge in [-0.05, 0) is 19.1 Å². The number of amides is 2. The molecule has 0 saturated carbocycles. The minimum atomic E-state index is -0.966. The van der Waals surface area contributed by atoms with E-state index in [0.29, 0.717) is 21.3 Å². The van der Waals surface area contributed by atoms with Gasteiger partial charge in [0.05, 0.1) is 10.7 Å². The fourth-order valence-corrected chi connectivity index (χ4v) is 2.10. The number of nitrogens with one attached hydrogen (secondary N) is 2. The van der Waals surface area contributed by atoms with E-state index in [1.165, 1.54) is 6.21 Å². The molecule has 0 unspecified atom stereocenters. The zero-order chi connectivity index (χ0) is 14.7. The van der Waals surface area contributed by atoms with Gasteiger partial charge < -0.3 is 0 Å². The summed E-state index contributed by atoms with van der Waals surface area (Å²) in [7, 11) is 0. The smallest absolute Gasteiger partial charge is 0.258 e. The third-order valence-electron chi connectivity index (χ3n) is 2.62. The van der Waals surface area contributed by atoms with Crippen LogP contribution in [0.4, 0.5) is 0 Å². The lowest BCUT2D eigenvalue weighted by molar-refractivity contribution is -0.131. The molecule has 0 spiro atoms. The zero-order valence-corrected chi connectivity index (χ0v) is 11.9. The number of benzene rings is 1. The van der Waals surface area contributed by atoms with Crippen molar-refractivity contribution in [3.63, 3.8) is 0 Å². The van der Waals surface area contributed by atoms with Crippen LogP contribution in [0.3, 0.4) is 0 Å². The molecule has 1 heterocycles. The van der Waals surface area contributed by atoms with Crippen molar-refractivity contribution in [3.05, 3.63) is 33.8 Å². The average molecular weight is 313 g/mol. The summed E-state index contributed by atoms with van der Waals surface area (Å²) in [6, 6.07) is 4.94. The van der Waals surface area contributed by atoms with E-state index in [0.717, 1.165) is 0 Å². The van der Waals surface area contributed by atoms with Crippen LogP contribution in [0.2, 0.25) is 10.0 Å². The van der Waals surface area contributed by atoms with Gasteiger partial charge in [-0.3, -0.25) is 9.59 Å². The quantitative estimate of drug-likeness (QED) is 0.504. The Bertz CT molecular complexity index is 628. The molecule has 2 N–H and O–H groups in total. The van der Waals surface area contributed by atoms with E-state index in [1.54, 1.807) is 25.1 Å². The van der Waals surface area contributed by atoms with Gasteiger partial charge in [0.1, 0.15) is 0 Å². The Labute approximate surface area is 124 Å². The summed E-state index contributed by atoms with van der Waals surface area (Å²) in [5.74, 6) is -2.01. The summed E-state index contributed by atoms with van der Waals surface area (Å²) >= 11 is 11.8. The topological polar surface area (TPSA) is 82.9 Å². The van der Waals surface area contributed by atoms with E-state index in [1.807, 2.05) is 0 Å². The highest BCUT2D eigenvalue weighted by Crippen LogP contribution is 2.21. The Morgan fingerprint density at radius 3 is 2.80 bits per heavy atom. The van der Waals surface area contributed by atoms with Crippen LogP contribution in [0.5, 0.6) is 0 Å². The fourth-order valence-electron chi connectivity index (χ4n) is 1.55. The van der Waals surface area contributed by atoms with E-state index >= 15 is 0 Å². The van der Waals surface area contributed by atoms with E-state index in [2.05, 4.69) is 21.1 Å². The largest absolute Gasteiger partial charge is 0.272 e. The van der Waals surface area contributed by atoms with Gasteiger partial charge in [-0.1, -0.05) is 29.3 Å². The normalized spacial score (nSPS) is 18.1. The van der Waals surface area contributed by atoms with Gasteiger partial charge in [-0.15, -0.1) is 0 Å². The minimum absolute atomic E-state index is 0.424. The Kier molecular flexibility index (Phi) is 4.36. The molecular weight excluding hydrogens is 303 g/mol. The van der Waals surface area contributed by atoms with Crippen molar-refractivity contribution in [2.24, 2.45) is 16.1 Å². The van der Waals surface area contributed by atoms with Crippen LogP contribution in [-0.4, -0.2) is 23.7 Å². The van der Waals surface area contributed by atoms with E-state index in [9.17, 15) is 9.59 Å². The first-order valence-electron chi connectivity index (χ1n) is 5.61. The molecule has 1 aromatic carbocycles. The van der Waals surface area contributed by atoms with Crippen molar-refractivity contribution in [1.82, 2.24) is 10.9 Å². The predicted molar refractivity (Wildman–Crippen MR) is 76.9 cm³/mol. The molecule has 2 rings (SSSR count). The number of halogens is 2. The van der Waals surface area contributed by atoms with Crippen molar-refractivity contribution in [1.29, 1.82) is 0 Å². The van der Waals surface area contributed by atoms with Crippen LogP contribution in [0, 0.1) is 5.92 Å². The molecule has 6 nitrogen and oxygen atoms in total. The standard InChI is InChI=1S/C12H10Cl2N4O2/c1-6(8-3-2-7(13)4-10(8)14)16-18-12(20)9-5-15-17-11(9)19/h2-5,9H,1H3,(H,17,19)(H,18,20)/b16-6-/t9-/m0/s1. The van der Waals surface area contributed by atoms with Crippen LogP contribution in [-0.2, 0) is 9.59 Å². The van der Waals surface area contributed by atoms with Gasteiger partial charge in [0, 0.05) is 16.8 Å². The van der Waals surface area contributed by atoms with E-state index in [4.69, 9.17) is 23.2 Å². The van der Waals surface area contributed by atoms with Crippen molar-refractivity contribution in [3.8, 4) is 0 Å². The molecule has 0 saturated heterocycles. The molecule has 2 amide bonds. The summed E-state index contributed by atoms with van der Waals surface area (Å²) < 4.78 is 0. The number of carbonyl (C=O) groups is 2. The highest BCUT2D eigenvalue weighted by atomic mass is 35.5. The first-order valence-corrected chi connectivity index (χ1v) is 6.37. The van der Waals surface area contributed by atoms with Crippen molar-refractivity contribution < 1.29 is 9.59 Å². The molecule has 0 fully saturated rings. The van der Waals surface area contributed by atoms with Gasteiger partial charge in [-0.2, -0.15) is 10.2 Å². The number of hydrazone groups is 2. The number of nitrogens with zero attached hydrogens (tertiary/aromatic N) is 2. The zero-order valence-electron chi connectivity index (χ0n) is 10.4. The van der Waals surface area contributed by atoms with E-state index < -0.39 is 17.7 Å². The van der Waals surface area contributed by atoms with E-state index in [-0.39, 0.29) is 0 Å². The number of hydrogen-bond donors (Lipinski definition) is 2. The molecule has 1 aromatic rings. The monoisotopic (exact) mass is 312 g/mol. The maximum absolute atomic E-state index is 11.7. The van der Waals surface area contributed by atoms with Gasteiger partial charge in [0.15, 0.2) is 5.92 Å². The molecular formula is C12H10Cl2N4O2. The van der Waals surface area contributed by atoms with Crippen molar-refractivity contribution in [2.45, 2.75) is 6.92 Å². The fraction of sp³-hybridized carbons (Fsp3) is 0.167. The molecule has 0 bridgehead atoms. The van der Waals surface area contributed by atoms with Crippen molar-refractivity contribution >= 4 is 46.9 Å². The first kappa shape index (κ1) is 14.5. The second-order valence-corrected chi connectivity index (χ2v) is 4.87. The summed E-state index contributed by atoms with van der Waals surface area (Å²) in [5.41, 5.74) is 5.61. The maximum atomic E-state index is 11.7. The highest BCUT2D eigenvalue weighted by molar-refractivity contribution is 6.37. The highest BCUT2D eigenvalue weighted by Gasteiger charge is 2.28. The number of rotatable bonds is 3. The lowest BCUT2D eigenvalue weighted by atomic mass is 10.1. The molecule has 104 valence electrons. The molecule has 1 atom stereocenters.